The molecule has 1 aromatic rings. The average Bonchev–Trinajstić information content (AvgIpc) is 2.54. The standard InChI is InChI=1S/C16H23N3O5S/c1-3-10-25(23,24)17-14-6-8-18(9-7-14)15-5-4-13(12(2)20)11-16(15)19(21)22/h4-5,11,14,17H,3,6-10H2,1-2H3. The zero-order chi connectivity index (χ0) is 18.6. The minimum absolute atomic E-state index is 0.0993. The summed E-state index contributed by atoms with van der Waals surface area (Å²) in [4.78, 5) is 24.2. The van der Waals surface area contributed by atoms with E-state index >= 15 is 0 Å². The monoisotopic (exact) mass is 369 g/mol. The van der Waals surface area contributed by atoms with Gasteiger partial charge in [-0.25, -0.2) is 13.1 Å². The summed E-state index contributed by atoms with van der Waals surface area (Å²) in [6.45, 7) is 4.21. The summed E-state index contributed by atoms with van der Waals surface area (Å²) in [7, 11) is -3.26. The molecule has 1 aliphatic rings. The second-order valence-electron chi connectivity index (χ2n) is 6.21. The number of carbonyl (C=O) groups is 1. The van der Waals surface area contributed by atoms with E-state index in [2.05, 4.69) is 4.72 Å². The van der Waals surface area contributed by atoms with Crippen LogP contribution in [0.5, 0.6) is 0 Å². The van der Waals surface area contributed by atoms with Crippen LogP contribution in [0, 0.1) is 10.1 Å². The molecule has 0 unspecified atom stereocenters. The van der Waals surface area contributed by atoms with E-state index in [1.54, 1.807) is 12.1 Å². The topological polar surface area (TPSA) is 110 Å². The number of nitro benzene ring substituents is 1. The highest BCUT2D eigenvalue weighted by molar-refractivity contribution is 7.89. The molecule has 1 fully saturated rings. The average molecular weight is 369 g/mol. The van der Waals surface area contributed by atoms with Crippen molar-refractivity contribution in [2.75, 3.05) is 23.7 Å². The Labute approximate surface area is 147 Å². The van der Waals surface area contributed by atoms with Crippen LogP contribution in [0.3, 0.4) is 0 Å². The lowest BCUT2D eigenvalue weighted by molar-refractivity contribution is -0.384. The number of hydrogen-bond donors (Lipinski definition) is 1. The highest BCUT2D eigenvalue weighted by Crippen LogP contribution is 2.31. The van der Waals surface area contributed by atoms with Crippen LogP contribution in [-0.4, -0.2) is 44.0 Å². The van der Waals surface area contributed by atoms with Crippen LogP contribution in [-0.2, 0) is 10.0 Å². The normalized spacial score (nSPS) is 16.0. The van der Waals surface area contributed by atoms with Gasteiger partial charge in [0.25, 0.3) is 5.69 Å². The van der Waals surface area contributed by atoms with Gasteiger partial charge in [0, 0.05) is 30.8 Å². The number of sulfonamides is 1. The second-order valence-corrected chi connectivity index (χ2v) is 8.09. The molecule has 0 saturated carbocycles. The lowest BCUT2D eigenvalue weighted by Crippen LogP contribution is -2.45. The Hall–Kier alpha value is -2.00. The van der Waals surface area contributed by atoms with Gasteiger partial charge < -0.3 is 4.90 Å². The van der Waals surface area contributed by atoms with Crippen molar-refractivity contribution in [3.05, 3.63) is 33.9 Å². The van der Waals surface area contributed by atoms with Gasteiger partial charge >= 0.3 is 0 Å². The molecule has 25 heavy (non-hydrogen) atoms. The van der Waals surface area contributed by atoms with Crippen molar-refractivity contribution in [2.24, 2.45) is 0 Å². The molecule has 138 valence electrons. The summed E-state index contributed by atoms with van der Waals surface area (Å²) in [6, 6.07) is 4.33. The Morgan fingerprint density at radius 3 is 2.52 bits per heavy atom. The third-order valence-electron chi connectivity index (χ3n) is 4.23. The van der Waals surface area contributed by atoms with Crippen molar-refractivity contribution in [1.82, 2.24) is 4.72 Å². The smallest absolute Gasteiger partial charge is 0.293 e. The van der Waals surface area contributed by atoms with E-state index in [1.165, 1.54) is 13.0 Å². The Bertz CT molecular complexity index is 755. The van der Waals surface area contributed by atoms with Crippen LogP contribution in [0.2, 0.25) is 0 Å². The molecule has 0 radical (unpaired) electrons. The molecule has 0 spiro atoms. The summed E-state index contributed by atoms with van der Waals surface area (Å²) in [6.07, 6.45) is 1.71. The summed E-state index contributed by atoms with van der Waals surface area (Å²) in [5, 5.41) is 11.3. The van der Waals surface area contributed by atoms with Gasteiger partial charge in [-0.3, -0.25) is 14.9 Å². The van der Waals surface area contributed by atoms with Gasteiger partial charge in [-0.1, -0.05) is 6.92 Å². The molecule has 2 rings (SSSR count). The van der Waals surface area contributed by atoms with E-state index in [9.17, 15) is 23.3 Å². The van der Waals surface area contributed by atoms with Crippen molar-refractivity contribution < 1.29 is 18.1 Å². The number of nitrogens with zero attached hydrogens (tertiary/aromatic N) is 2. The molecule has 0 bridgehead atoms. The fourth-order valence-corrected chi connectivity index (χ4v) is 4.37. The van der Waals surface area contributed by atoms with E-state index < -0.39 is 14.9 Å². The van der Waals surface area contributed by atoms with E-state index in [-0.39, 0.29) is 23.3 Å². The van der Waals surface area contributed by atoms with Gasteiger partial charge in [-0.15, -0.1) is 0 Å². The minimum atomic E-state index is -3.26. The number of rotatable bonds is 7. The van der Waals surface area contributed by atoms with Crippen LogP contribution in [0.25, 0.3) is 0 Å². The first-order chi connectivity index (χ1) is 11.7. The number of anilines is 1. The van der Waals surface area contributed by atoms with E-state index in [0.717, 1.165) is 0 Å². The molecule has 1 saturated heterocycles. The highest BCUT2D eigenvalue weighted by Gasteiger charge is 2.27. The fourth-order valence-electron chi connectivity index (χ4n) is 2.98. The number of hydrogen-bond acceptors (Lipinski definition) is 6. The summed E-state index contributed by atoms with van der Waals surface area (Å²) < 4.78 is 26.4. The quantitative estimate of drug-likeness (QED) is 0.448. The first kappa shape index (κ1) is 19.3. The molecule has 1 N–H and O–H groups in total. The molecule has 1 heterocycles. The third kappa shape index (κ3) is 4.99. The zero-order valence-corrected chi connectivity index (χ0v) is 15.2. The molecule has 1 aliphatic heterocycles. The zero-order valence-electron chi connectivity index (χ0n) is 14.4. The molecule has 0 aromatic heterocycles. The van der Waals surface area contributed by atoms with Crippen LogP contribution >= 0.6 is 0 Å². The highest BCUT2D eigenvalue weighted by atomic mass is 32.2. The molecule has 0 amide bonds. The Morgan fingerprint density at radius 1 is 1.36 bits per heavy atom. The molecule has 1 aromatic carbocycles. The van der Waals surface area contributed by atoms with Gasteiger partial charge in [-0.05, 0) is 38.3 Å². The number of nitrogens with one attached hydrogen (secondary N) is 1. The van der Waals surface area contributed by atoms with Crippen molar-refractivity contribution in [1.29, 1.82) is 0 Å². The maximum atomic E-state index is 11.8. The lowest BCUT2D eigenvalue weighted by atomic mass is 10.0. The van der Waals surface area contributed by atoms with Crippen LogP contribution in [0.4, 0.5) is 11.4 Å². The first-order valence-electron chi connectivity index (χ1n) is 8.28. The van der Waals surface area contributed by atoms with Crippen molar-refractivity contribution in [2.45, 2.75) is 39.2 Å². The predicted molar refractivity (Wildman–Crippen MR) is 95.5 cm³/mol. The van der Waals surface area contributed by atoms with E-state index in [1.807, 2.05) is 11.8 Å². The van der Waals surface area contributed by atoms with Gasteiger partial charge in [0.15, 0.2) is 5.78 Å². The number of piperidine rings is 1. The van der Waals surface area contributed by atoms with Crippen molar-refractivity contribution in [3.63, 3.8) is 0 Å². The number of ketones is 1. The number of benzene rings is 1. The maximum Gasteiger partial charge on any atom is 0.293 e. The lowest BCUT2D eigenvalue weighted by Gasteiger charge is -2.33. The molecule has 0 aliphatic carbocycles. The summed E-state index contributed by atoms with van der Waals surface area (Å²) in [5.41, 5.74) is 0.667. The SMILES string of the molecule is CCCS(=O)(=O)NC1CCN(c2ccc(C(C)=O)cc2[N+](=O)[O-])CC1. The van der Waals surface area contributed by atoms with Crippen molar-refractivity contribution >= 4 is 27.2 Å². The molecule has 9 heteroatoms. The Morgan fingerprint density at radius 2 is 2.00 bits per heavy atom. The summed E-state index contributed by atoms with van der Waals surface area (Å²) in [5.74, 6) is -0.121. The van der Waals surface area contributed by atoms with Gasteiger partial charge in [0.05, 0.1) is 10.7 Å². The Kier molecular flexibility index (Phi) is 6.12. The number of nitro groups is 1. The van der Waals surface area contributed by atoms with Gasteiger partial charge in [-0.2, -0.15) is 0 Å². The molecule has 8 nitrogen and oxygen atoms in total. The maximum absolute atomic E-state index is 11.8. The van der Waals surface area contributed by atoms with E-state index in [0.29, 0.717) is 43.6 Å². The third-order valence-corrected chi connectivity index (χ3v) is 5.87. The van der Waals surface area contributed by atoms with Crippen LogP contribution < -0.4 is 9.62 Å². The number of Topliss-reactive ketones (excluding diaryl/α,β-unsaturated/α-hetero) is 1. The second kappa shape index (κ2) is 7.92. The largest absolute Gasteiger partial charge is 0.366 e. The van der Waals surface area contributed by atoms with Crippen LogP contribution in [0.1, 0.15) is 43.5 Å². The van der Waals surface area contributed by atoms with Gasteiger partial charge in [0.1, 0.15) is 5.69 Å². The molecular formula is C16H23N3O5S. The van der Waals surface area contributed by atoms with E-state index in [4.69, 9.17) is 0 Å². The fraction of sp³-hybridized carbons (Fsp3) is 0.562. The summed E-state index contributed by atoms with van der Waals surface area (Å²) >= 11 is 0. The number of carbonyl (C=O) groups excluding carboxylic acids is 1. The van der Waals surface area contributed by atoms with Crippen LogP contribution in [0.15, 0.2) is 18.2 Å². The van der Waals surface area contributed by atoms with Gasteiger partial charge in [0.2, 0.25) is 10.0 Å². The predicted octanol–water partition coefficient (Wildman–Crippen LogP) is 2.10. The van der Waals surface area contributed by atoms with Crippen molar-refractivity contribution in [3.8, 4) is 0 Å². The molecule has 0 atom stereocenters. The minimum Gasteiger partial charge on any atom is -0.366 e. The first-order valence-corrected chi connectivity index (χ1v) is 9.93. The molecular weight excluding hydrogens is 346 g/mol. The Balaban J connectivity index is 2.10.